The largest absolute Gasteiger partial charge is 0.497 e. The summed E-state index contributed by atoms with van der Waals surface area (Å²) in [5.74, 6) is 0.898. The fourth-order valence-corrected chi connectivity index (χ4v) is 3.34. The van der Waals surface area contributed by atoms with Crippen LogP contribution in [-0.2, 0) is 6.54 Å². The molecular formula is C23H24N3O+. The Bertz CT molecular complexity index is 1020. The topological polar surface area (TPSA) is 43.7 Å². The highest BCUT2D eigenvalue weighted by atomic mass is 16.5. The smallest absolute Gasteiger partial charge is 0.119 e. The number of ether oxygens (including phenoxy) is 1. The van der Waals surface area contributed by atoms with Gasteiger partial charge in [-0.3, -0.25) is 0 Å². The molecule has 1 heterocycles. The Balaban J connectivity index is 1.42. The molecule has 0 fully saturated rings. The van der Waals surface area contributed by atoms with Crippen molar-refractivity contribution >= 4 is 10.8 Å². The van der Waals surface area contributed by atoms with Crippen LogP contribution in [0.3, 0.4) is 0 Å². The fourth-order valence-electron chi connectivity index (χ4n) is 3.34. The van der Waals surface area contributed by atoms with Gasteiger partial charge in [0.2, 0.25) is 0 Å². The zero-order valence-electron chi connectivity index (χ0n) is 15.7. The summed E-state index contributed by atoms with van der Waals surface area (Å²) in [5, 5.41) is 4.83. The molecule has 0 unspecified atom stereocenters. The second kappa shape index (κ2) is 7.64. The zero-order chi connectivity index (χ0) is 18.6. The van der Waals surface area contributed by atoms with Gasteiger partial charge in [0.25, 0.3) is 0 Å². The summed E-state index contributed by atoms with van der Waals surface area (Å²) in [4.78, 5) is 4.10. The lowest BCUT2D eigenvalue weighted by Gasteiger charge is -2.13. The van der Waals surface area contributed by atoms with Gasteiger partial charge in [0.1, 0.15) is 18.3 Å². The first-order chi connectivity index (χ1) is 13.2. The summed E-state index contributed by atoms with van der Waals surface area (Å²) >= 11 is 0. The normalized spacial score (nSPS) is 12.2. The molecule has 0 aliphatic carbocycles. The van der Waals surface area contributed by atoms with E-state index in [0.29, 0.717) is 6.04 Å². The Morgan fingerprint density at radius 1 is 1.00 bits per heavy atom. The number of nitrogens with two attached hydrogens (primary N) is 1. The van der Waals surface area contributed by atoms with E-state index in [-0.39, 0.29) is 0 Å². The maximum Gasteiger partial charge on any atom is 0.119 e. The van der Waals surface area contributed by atoms with E-state index in [4.69, 9.17) is 4.74 Å². The maximum absolute atomic E-state index is 5.30. The van der Waals surface area contributed by atoms with Crippen LogP contribution in [-0.4, -0.2) is 16.7 Å². The van der Waals surface area contributed by atoms with Crippen LogP contribution in [0.5, 0.6) is 5.75 Å². The average molecular weight is 358 g/mol. The second-order valence-corrected chi connectivity index (χ2v) is 6.84. The lowest BCUT2D eigenvalue weighted by atomic mass is 10.1. The molecule has 0 aliphatic heterocycles. The minimum Gasteiger partial charge on any atom is -0.497 e. The van der Waals surface area contributed by atoms with Crippen molar-refractivity contribution in [3.05, 3.63) is 90.5 Å². The molecular weight excluding hydrogens is 334 g/mol. The molecule has 4 aromatic rings. The quantitative estimate of drug-likeness (QED) is 0.569. The Morgan fingerprint density at radius 2 is 1.78 bits per heavy atom. The number of quaternary nitrogens is 1. The molecule has 0 bridgehead atoms. The number of imidazole rings is 1. The monoisotopic (exact) mass is 358 g/mol. The van der Waals surface area contributed by atoms with Gasteiger partial charge in [0.05, 0.1) is 13.4 Å². The average Bonchev–Trinajstić information content (AvgIpc) is 3.26. The summed E-state index contributed by atoms with van der Waals surface area (Å²) in [5.41, 5.74) is 3.78. The molecule has 1 atom stereocenters. The lowest BCUT2D eigenvalue weighted by molar-refractivity contribution is -0.707. The van der Waals surface area contributed by atoms with Crippen molar-refractivity contribution < 1.29 is 10.1 Å². The number of aromatic nitrogens is 2. The predicted molar refractivity (Wildman–Crippen MR) is 108 cm³/mol. The fraction of sp³-hybridized carbons (Fsp3) is 0.174. The minimum atomic E-state index is 0.397. The van der Waals surface area contributed by atoms with Crippen molar-refractivity contribution in [3.8, 4) is 11.4 Å². The van der Waals surface area contributed by atoms with Crippen LogP contribution < -0.4 is 10.1 Å². The number of rotatable bonds is 6. The van der Waals surface area contributed by atoms with Crippen LogP contribution in [0.25, 0.3) is 16.5 Å². The van der Waals surface area contributed by atoms with Crippen molar-refractivity contribution in [1.82, 2.24) is 9.55 Å². The lowest BCUT2D eigenvalue weighted by Crippen LogP contribution is -2.83. The highest BCUT2D eigenvalue weighted by Gasteiger charge is 2.09. The van der Waals surface area contributed by atoms with Crippen LogP contribution in [0.2, 0.25) is 0 Å². The van der Waals surface area contributed by atoms with E-state index in [1.54, 1.807) is 13.3 Å². The van der Waals surface area contributed by atoms with Gasteiger partial charge in [0.15, 0.2) is 0 Å². The number of fused-ring (bicyclic) bond motifs is 1. The summed E-state index contributed by atoms with van der Waals surface area (Å²) in [6.45, 7) is 3.20. The first-order valence-corrected chi connectivity index (χ1v) is 9.21. The van der Waals surface area contributed by atoms with Gasteiger partial charge in [0, 0.05) is 29.2 Å². The summed E-state index contributed by atoms with van der Waals surface area (Å²) in [6.07, 6.45) is 5.57. The molecule has 0 amide bonds. The number of nitrogens with zero attached hydrogens (tertiary/aromatic N) is 2. The molecule has 3 aromatic carbocycles. The third-order valence-corrected chi connectivity index (χ3v) is 5.04. The predicted octanol–water partition coefficient (Wildman–Crippen LogP) is 3.86. The van der Waals surface area contributed by atoms with Crippen molar-refractivity contribution in [2.45, 2.75) is 19.5 Å². The highest BCUT2D eigenvalue weighted by Crippen LogP contribution is 2.21. The van der Waals surface area contributed by atoms with E-state index in [1.807, 2.05) is 23.2 Å². The van der Waals surface area contributed by atoms with E-state index < -0.39 is 0 Å². The summed E-state index contributed by atoms with van der Waals surface area (Å²) in [6, 6.07) is 21.9. The van der Waals surface area contributed by atoms with Crippen LogP contribution in [0, 0.1) is 0 Å². The first kappa shape index (κ1) is 17.3. The Labute approximate surface area is 159 Å². The van der Waals surface area contributed by atoms with Crippen molar-refractivity contribution in [1.29, 1.82) is 0 Å². The van der Waals surface area contributed by atoms with Gasteiger partial charge in [-0.25, -0.2) is 4.98 Å². The minimum absolute atomic E-state index is 0.397. The van der Waals surface area contributed by atoms with E-state index in [2.05, 4.69) is 71.8 Å². The Hall–Kier alpha value is -3.11. The molecule has 0 aliphatic rings. The summed E-state index contributed by atoms with van der Waals surface area (Å²) < 4.78 is 7.32. The number of benzene rings is 3. The SMILES string of the molecule is COc1ccc2cc(C[NH2+][C@@H](C)c3ccc(-n4ccnc4)cc3)ccc2c1. The zero-order valence-corrected chi connectivity index (χ0v) is 15.7. The number of hydrogen-bond donors (Lipinski definition) is 1. The van der Waals surface area contributed by atoms with E-state index in [9.17, 15) is 0 Å². The molecule has 1 aromatic heterocycles. The van der Waals surface area contributed by atoms with Crippen LogP contribution in [0.15, 0.2) is 79.4 Å². The van der Waals surface area contributed by atoms with Crippen molar-refractivity contribution in [3.63, 3.8) is 0 Å². The molecule has 0 radical (unpaired) electrons. The molecule has 2 N–H and O–H groups in total. The molecule has 4 nitrogen and oxygen atoms in total. The summed E-state index contributed by atoms with van der Waals surface area (Å²) in [7, 11) is 1.70. The molecule has 4 rings (SSSR count). The Kier molecular flexibility index (Phi) is 4.90. The van der Waals surface area contributed by atoms with Crippen LogP contribution in [0.1, 0.15) is 24.1 Å². The third-order valence-electron chi connectivity index (χ3n) is 5.04. The van der Waals surface area contributed by atoms with Gasteiger partial charge in [-0.1, -0.05) is 30.3 Å². The molecule has 27 heavy (non-hydrogen) atoms. The van der Waals surface area contributed by atoms with Gasteiger partial charge in [-0.05, 0) is 48.0 Å². The van der Waals surface area contributed by atoms with Crippen LogP contribution >= 0.6 is 0 Å². The van der Waals surface area contributed by atoms with Crippen molar-refractivity contribution in [2.75, 3.05) is 7.11 Å². The highest BCUT2D eigenvalue weighted by molar-refractivity contribution is 5.84. The first-order valence-electron chi connectivity index (χ1n) is 9.21. The molecule has 0 spiro atoms. The van der Waals surface area contributed by atoms with E-state index in [0.717, 1.165) is 18.0 Å². The third kappa shape index (κ3) is 3.86. The number of hydrogen-bond acceptors (Lipinski definition) is 2. The van der Waals surface area contributed by atoms with E-state index >= 15 is 0 Å². The van der Waals surface area contributed by atoms with E-state index in [1.165, 1.54) is 21.9 Å². The Morgan fingerprint density at radius 3 is 2.52 bits per heavy atom. The number of methoxy groups -OCH3 is 1. The van der Waals surface area contributed by atoms with Gasteiger partial charge in [-0.2, -0.15) is 0 Å². The van der Waals surface area contributed by atoms with Crippen LogP contribution in [0.4, 0.5) is 0 Å². The van der Waals surface area contributed by atoms with Gasteiger partial charge < -0.3 is 14.6 Å². The molecule has 0 saturated heterocycles. The second-order valence-electron chi connectivity index (χ2n) is 6.84. The van der Waals surface area contributed by atoms with Crippen molar-refractivity contribution in [2.24, 2.45) is 0 Å². The molecule has 4 heteroatoms. The molecule has 0 saturated carbocycles. The maximum atomic E-state index is 5.30. The molecule has 136 valence electrons. The van der Waals surface area contributed by atoms with Gasteiger partial charge >= 0.3 is 0 Å². The standard InChI is InChI=1S/C23H23N3O/c1-17(19-5-8-22(9-6-19)26-12-11-24-16-26)25-15-18-3-4-21-14-23(27-2)10-7-20(21)13-18/h3-14,16-17,25H,15H2,1-2H3/p+1/t17-/m0/s1. The van der Waals surface area contributed by atoms with Gasteiger partial charge in [-0.15, -0.1) is 0 Å².